The van der Waals surface area contributed by atoms with Crippen LogP contribution in [0, 0.1) is 11.8 Å². The third-order valence-electron chi connectivity index (χ3n) is 4.40. The first kappa shape index (κ1) is 15.5. The molecule has 1 N–H and O–H groups in total. The quantitative estimate of drug-likeness (QED) is 0.464. The molecule has 0 aromatic carbocycles. The predicted molar refractivity (Wildman–Crippen MR) is 74.7 cm³/mol. The smallest absolute Gasteiger partial charge is 0.242 e. The molecule has 0 unspecified atom stereocenters. The third kappa shape index (κ3) is 2.77. The minimum atomic E-state index is -0.471. The van der Waals surface area contributed by atoms with Crippen molar-refractivity contribution >= 4 is 23.4 Å². The number of amides is 3. The predicted octanol–water partition coefficient (Wildman–Crippen LogP) is 0.470. The van der Waals surface area contributed by atoms with Crippen molar-refractivity contribution in [3.63, 3.8) is 0 Å². The van der Waals surface area contributed by atoms with Crippen LogP contribution < -0.4 is 0 Å². The molecule has 1 aliphatic heterocycles. The Morgan fingerprint density at radius 2 is 1.90 bits per heavy atom. The van der Waals surface area contributed by atoms with Gasteiger partial charge in [0.05, 0.1) is 17.5 Å². The van der Waals surface area contributed by atoms with Crippen LogP contribution in [0.2, 0.25) is 0 Å². The SMILES string of the molecule is CCN(CC)C(=O)CN1C(=O)[C@H]2C/C(=N/O)CC[C@H]2C1=O. The number of likely N-dealkylation sites (tertiary alicyclic amines) is 1. The van der Waals surface area contributed by atoms with Gasteiger partial charge in [0.15, 0.2) is 0 Å². The van der Waals surface area contributed by atoms with Crippen LogP contribution >= 0.6 is 0 Å². The molecule has 2 rings (SSSR count). The van der Waals surface area contributed by atoms with Crippen LogP contribution in [-0.4, -0.2) is 58.1 Å². The zero-order valence-electron chi connectivity index (χ0n) is 12.4. The number of hydrogen-bond donors (Lipinski definition) is 1. The monoisotopic (exact) mass is 295 g/mol. The van der Waals surface area contributed by atoms with Gasteiger partial charge in [-0.2, -0.15) is 0 Å². The Kier molecular flexibility index (Phi) is 4.59. The maximum Gasteiger partial charge on any atom is 0.242 e. The van der Waals surface area contributed by atoms with Crippen molar-refractivity contribution in [1.82, 2.24) is 9.80 Å². The highest BCUT2D eigenvalue weighted by molar-refractivity contribution is 6.09. The highest BCUT2D eigenvalue weighted by Gasteiger charge is 2.50. The zero-order chi connectivity index (χ0) is 15.6. The van der Waals surface area contributed by atoms with Gasteiger partial charge in [-0.15, -0.1) is 0 Å². The molecule has 116 valence electrons. The Labute approximate surface area is 123 Å². The molecule has 0 aromatic rings. The molecule has 3 amide bonds. The van der Waals surface area contributed by atoms with E-state index in [1.165, 1.54) is 0 Å². The number of nitrogens with zero attached hydrogens (tertiary/aromatic N) is 3. The van der Waals surface area contributed by atoms with Crippen molar-refractivity contribution in [3.8, 4) is 0 Å². The summed E-state index contributed by atoms with van der Waals surface area (Å²) in [6, 6.07) is 0. The molecule has 21 heavy (non-hydrogen) atoms. The molecular weight excluding hydrogens is 274 g/mol. The zero-order valence-corrected chi connectivity index (χ0v) is 12.4. The summed E-state index contributed by atoms with van der Waals surface area (Å²) >= 11 is 0. The van der Waals surface area contributed by atoms with E-state index in [-0.39, 0.29) is 30.2 Å². The molecule has 0 radical (unpaired) electrons. The van der Waals surface area contributed by atoms with E-state index in [1.54, 1.807) is 4.90 Å². The van der Waals surface area contributed by atoms with Crippen LogP contribution in [0.5, 0.6) is 0 Å². The lowest BCUT2D eigenvalue weighted by molar-refractivity contribution is -0.146. The molecule has 1 heterocycles. The van der Waals surface area contributed by atoms with Crippen molar-refractivity contribution in [3.05, 3.63) is 0 Å². The second-order valence-corrected chi connectivity index (χ2v) is 5.45. The minimum absolute atomic E-state index is 0.183. The topological polar surface area (TPSA) is 90.3 Å². The summed E-state index contributed by atoms with van der Waals surface area (Å²) in [7, 11) is 0. The van der Waals surface area contributed by atoms with Gasteiger partial charge in [0.25, 0.3) is 0 Å². The summed E-state index contributed by atoms with van der Waals surface area (Å²) in [5.41, 5.74) is 0.550. The number of carbonyl (C=O) groups excluding carboxylic acids is 3. The number of fused-ring (bicyclic) bond motifs is 1. The second kappa shape index (κ2) is 6.24. The van der Waals surface area contributed by atoms with Gasteiger partial charge >= 0.3 is 0 Å². The van der Waals surface area contributed by atoms with E-state index in [4.69, 9.17) is 5.21 Å². The van der Waals surface area contributed by atoms with Crippen LogP contribution in [0.1, 0.15) is 33.1 Å². The Morgan fingerprint density at radius 1 is 1.29 bits per heavy atom. The number of oxime groups is 1. The van der Waals surface area contributed by atoms with E-state index in [2.05, 4.69) is 5.16 Å². The molecule has 1 saturated carbocycles. The summed E-state index contributed by atoms with van der Waals surface area (Å²) in [4.78, 5) is 39.4. The van der Waals surface area contributed by atoms with E-state index in [9.17, 15) is 14.4 Å². The van der Waals surface area contributed by atoms with E-state index in [0.717, 1.165) is 4.90 Å². The van der Waals surface area contributed by atoms with Crippen molar-refractivity contribution in [2.45, 2.75) is 33.1 Å². The maximum atomic E-state index is 12.3. The van der Waals surface area contributed by atoms with Gasteiger partial charge in [-0.05, 0) is 26.7 Å². The van der Waals surface area contributed by atoms with Gasteiger partial charge in [0.2, 0.25) is 17.7 Å². The van der Waals surface area contributed by atoms with E-state index in [1.807, 2.05) is 13.8 Å². The summed E-state index contributed by atoms with van der Waals surface area (Å²) in [6.45, 7) is 4.65. The lowest BCUT2D eigenvalue weighted by atomic mass is 9.80. The van der Waals surface area contributed by atoms with Gasteiger partial charge in [0.1, 0.15) is 6.54 Å². The van der Waals surface area contributed by atoms with Gasteiger partial charge in [-0.3, -0.25) is 19.3 Å². The first-order chi connectivity index (χ1) is 10.0. The van der Waals surface area contributed by atoms with Crippen molar-refractivity contribution in [1.29, 1.82) is 0 Å². The Hall–Kier alpha value is -1.92. The Balaban J connectivity index is 2.10. The van der Waals surface area contributed by atoms with Crippen molar-refractivity contribution in [2.75, 3.05) is 19.6 Å². The van der Waals surface area contributed by atoms with Gasteiger partial charge in [0, 0.05) is 19.5 Å². The number of imide groups is 1. The maximum absolute atomic E-state index is 12.3. The normalized spacial score (nSPS) is 27.1. The van der Waals surface area contributed by atoms with Crippen LogP contribution in [-0.2, 0) is 14.4 Å². The van der Waals surface area contributed by atoms with Crippen LogP contribution in [0.3, 0.4) is 0 Å². The fourth-order valence-corrected chi connectivity index (χ4v) is 3.14. The molecule has 2 atom stereocenters. The van der Waals surface area contributed by atoms with Crippen LogP contribution in [0.4, 0.5) is 0 Å². The average Bonchev–Trinajstić information content (AvgIpc) is 2.73. The van der Waals surface area contributed by atoms with E-state index in [0.29, 0.717) is 38.1 Å². The lowest BCUT2D eigenvalue weighted by Crippen LogP contribution is -2.43. The molecule has 0 bridgehead atoms. The Morgan fingerprint density at radius 3 is 2.48 bits per heavy atom. The molecular formula is C14H21N3O4. The van der Waals surface area contributed by atoms with Gasteiger partial charge in [-0.1, -0.05) is 5.16 Å². The standard InChI is InChI=1S/C14H21N3O4/c1-3-16(4-2)12(18)8-17-13(19)10-6-5-9(15-21)7-11(10)14(17)20/h10-11,21H,3-8H2,1-2H3/b15-9+/t10-,11+/m1/s1. The lowest BCUT2D eigenvalue weighted by Gasteiger charge is -2.22. The van der Waals surface area contributed by atoms with Crippen molar-refractivity contribution < 1.29 is 19.6 Å². The number of likely N-dealkylation sites (N-methyl/N-ethyl adjacent to an activating group) is 1. The first-order valence-corrected chi connectivity index (χ1v) is 7.36. The fourth-order valence-electron chi connectivity index (χ4n) is 3.14. The van der Waals surface area contributed by atoms with Crippen LogP contribution in [0.15, 0.2) is 5.16 Å². The second-order valence-electron chi connectivity index (χ2n) is 5.45. The van der Waals surface area contributed by atoms with E-state index < -0.39 is 5.92 Å². The molecule has 2 aliphatic rings. The van der Waals surface area contributed by atoms with Crippen LogP contribution in [0.25, 0.3) is 0 Å². The summed E-state index contributed by atoms with van der Waals surface area (Å²) < 4.78 is 0. The molecule has 0 spiro atoms. The van der Waals surface area contributed by atoms with Gasteiger partial charge in [-0.25, -0.2) is 0 Å². The third-order valence-corrected chi connectivity index (χ3v) is 4.40. The summed E-state index contributed by atoms with van der Waals surface area (Å²) in [6.07, 6.45) is 1.33. The highest BCUT2D eigenvalue weighted by atomic mass is 16.4. The summed E-state index contributed by atoms with van der Waals surface area (Å²) in [5.74, 6) is -1.63. The average molecular weight is 295 g/mol. The molecule has 1 saturated heterocycles. The fraction of sp³-hybridized carbons (Fsp3) is 0.714. The Bertz CT molecular complexity index is 485. The van der Waals surface area contributed by atoms with Crippen molar-refractivity contribution in [2.24, 2.45) is 17.0 Å². The van der Waals surface area contributed by atoms with E-state index >= 15 is 0 Å². The summed E-state index contributed by atoms with van der Waals surface area (Å²) in [5, 5.41) is 12.0. The highest BCUT2D eigenvalue weighted by Crippen LogP contribution is 2.37. The number of rotatable bonds is 4. The minimum Gasteiger partial charge on any atom is -0.411 e. The molecule has 1 aliphatic carbocycles. The molecule has 2 fully saturated rings. The number of carbonyl (C=O) groups is 3. The molecule has 7 heteroatoms. The molecule has 7 nitrogen and oxygen atoms in total. The largest absolute Gasteiger partial charge is 0.411 e. The van der Waals surface area contributed by atoms with Gasteiger partial charge < -0.3 is 10.1 Å². The number of hydrogen-bond acceptors (Lipinski definition) is 5. The molecule has 0 aromatic heterocycles. The first-order valence-electron chi connectivity index (χ1n) is 7.36.